The van der Waals surface area contributed by atoms with Crippen LogP contribution in [0.4, 0.5) is 5.69 Å². The molecule has 1 aromatic carbocycles. The molecule has 2 rings (SSSR count). The van der Waals surface area contributed by atoms with Gasteiger partial charge in [-0.3, -0.25) is 9.59 Å². The molecule has 0 aliphatic rings. The lowest BCUT2D eigenvalue weighted by atomic mass is 10.2. The molecular formula is C19H19N3O4S. The zero-order valence-electron chi connectivity index (χ0n) is 15.0. The van der Waals surface area contributed by atoms with Crippen LogP contribution < -0.4 is 5.32 Å². The van der Waals surface area contributed by atoms with Gasteiger partial charge in [-0.25, -0.2) is 4.79 Å². The summed E-state index contributed by atoms with van der Waals surface area (Å²) in [6, 6.07) is 9.75. The van der Waals surface area contributed by atoms with Crippen LogP contribution >= 0.6 is 11.3 Å². The van der Waals surface area contributed by atoms with Crippen LogP contribution in [-0.2, 0) is 20.9 Å². The van der Waals surface area contributed by atoms with Crippen LogP contribution in [0.5, 0.6) is 0 Å². The van der Waals surface area contributed by atoms with Crippen molar-refractivity contribution in [3.63, 3.8) is 0 Å². The third kappa shape index (κ3) is 5.94. The molecule has 2 amide bonds. The molecule has 1 N–H and O–H groups in total. The number of aryl methyl sites for hydroxylation is 1. The van der Waals surface area contributed by atoms with Crippen molar-refractivity contribution in [1.82, 2.24) is 4.90 Å². The van der Waals surface area contributed by atoms with Crippen molar-refractivity contribution in [2.75, 3.05) is 19.0 Å². The molecule has 0 atom stereocenters. The van der Waals surface area contributed by atoms with Gasteiger partial charge in [0.2, 0.25) is 5.91 Å². The zero-order valence-corrected chi connectivity index (χ0v) is 15.8. The molecule has 0 aliphatic heterocycles. The SMILES string of the molecule is Cc1ccsc1CN(C)C(=O)COC(=O)c1ccc(NC(=O)CC#N)cc1. The minimum atomic E-state index is -0.626. The molecule has 0 saturated carbocycles. The Morgan fingerprint density at radius 1 is 1.22 bits per heavy atom. The van der Waals surface area contributed by atoms with Crippen molar-refractivity contribution in [2.45, 2.75) is 19.9 Å². The lowest BCUT2D eigenvalue weighted by Crippen LogP contribution is -2.30. The van der Waals surface area contributed by atoms with Gasteiger partial charge in [-0.1, -0.05) is 0 Å². The Kier molecular flexibility index (Phi) is 7.08. The summed E-state index contributed by atoms with van der Waals surface area (Å²) >= 11 is 1.58. The fourth-order valence-electron chi connectivity index (χ4n) is 2.16. The van der Waals surface area contributed by atoms with E-state index in [0.717, 1.165) is 10.4 Å². The summed E-state index contributed by atoms with van der Waals surface area (Å²) in [7, 11) is 1.66. The number of nitrogens with one attached hydrogen (secondary N) is 1. The average molecular weight is 385 g/mol. The van der Waals surface area contributed by atoms with Crippen LogP contribution in [-0.4, -0.2) is 36.3 Å². The van der Waals surface area contributed by atoms with Crippen molar-refractivity contribution < 1.29 is 19.1 Å². The highest BCUT2D eigenvalue weighted by atomic mass is 32.1. The summed E-state index contributed by atoms with van der Waals surface area (Å²) in [4.78, 5) is 38.1. The highest BCUT2D eigenvalue weighted by Gasteiger charge is 2.15. The van der Waals surface area contributed by atoms with Crippen LogP contribution in [0, 0.1) is 18.3 Å². The van der Waals surface area contributed by atoms with Crippen LogP contribution in [0.1, 0.15) is 27.2 Å². The molecule has 0 aliphatic carbocycles. The summed E-state index contributed by atoms with van der Waals surface area (Å²) in [5.74, 6) is -1.35. The number of carbonyl (C=O) groups is 3. The van der Waals surface area contributed by atoms with E-state index < -0.39 is 11.9 Å². The Labute approximate surface area is 161 Å². The molecule has 27 heavy (non-hydrogen) atoms. The standard InChI is InChI=1S/C19H19N3O4S/c1-13-8-10-27-16(13)11-22(2)18(24)12-26-19(25)14-3-5-15(6-4-14)21-17(23)7-9-20/h3-6,8,10H,7,11-12H2,1-2H3,(H,21,23). The summed E-state index contributed by atoms with van der Waals surface area (Å²) in [6.45, 7) is 2.11. The molecule has 0 saturated heterocycles. The van der Waals surface area contributed by atoms with E-state index in [9.17, 15) is 14.4 Å². The Morgan fingerprint density at radius 3 is 2.52 bits per heavy atom. The number of likely N-dealkylation sites (N-methyl/N-ethyl adjacent to an activating group) is 1. The van der Waals surface area contributed by atoms with Gasteiger partial charge in [-0.05, 0) is 48.2 Å². The molecule has 8 heteroatoms. The largest absolute Gasteiger partial charge is 0.452 e. The van der Waals surface area contributed by atoms with E-state index in [1.807, 2.05) is 18.4 Å². The average Bonchev–Trinajstić information content (AvgIpc) is 3.04. The molecule has 1 heterocycles. The second kappa shape index (κ2) is 9.50. The van der Waals surface area contributed by atoms with E-state index in [0.29, 0.717) is 12.2 Å². The second-order valence-electron chi connectivity index (χ2n) is 5.81. The number of hydrogen-bond donors (Lipinski definition) is 1. The predicted molar refractivity (Wildman–Crippen MR) is 101 cm³/mol. The van der Waals surface area contributed by atoms with Gasteiger partial charge in [0.25, 0.3) is 5.91 Å². The molecule has 0 spiro atoms. The van der Waals surface area contributed by atoms with Gasteiger partial charge < -0.3 is 15.0 Å². The lowest BCUT2D eigenvalue weighted by molar-refractivity contribution is -0.133. The number of anilines is 1. The van der Waals surface area contributed by atoms with Gasteiger partial charge >= 0.3 is 5.97 Å². The van der Waals surface area contributed by atoms with E-state index in [-0.39, 0.29) is 24.5 Å². The summed E-state index contributed by atoms with van der Waals surface area (Å²) in [5, 5.41) is 13.0. The molecule has 1 aromatic heterocycles. The maximum Gasteiger partial charge on any atom is 0.338 e. The molecule has 2 aromatic rings. The molecule has 0 fully saturated rings. The van der Waals surface area contributed by atoms with Gasteiger partial charge in [0.15, 0.2) is 6.61 Å². The second-order valence-corrected chi connectivity index (χ2v) is 6.81. The first-order valence-corrected chi connectivity index (χ1v) is 8.99. The van der Waals surface area contributed by atoms with Crippen molar-refractivity contribution in [1.29, 1.82) is 5.26 Å². The predicted octanol–water partition coefficient (Wildman–Crippen LogP) is 2.72. The first-order chi connectivity index (χ1) is 12.9. The number of thiophene rings is 1. The molecular weight excluding hydrogens is 366 g/mol. The van der Waals surface area contributed by atoms with Crippen LogP contribution in [0.15, 0.2) is 35.7 Å². The van der Waals surface area contributed by atoms with Gasteiger partial charge in [0.1, 0.15) is 6.42 Å². The number of hydrogen-bond acceptors (Lipinski definition) is 6. The van der Waals surface area contributed by atoms with Gasteiger partial charge in [-0.2, -0.15) is 5.26 Å². The van der Waals surface area contributed by atoms with Crippen molar-refractivity contribution >= 4 is 34.8 Å². The van der Waals surface area contributed by atoms with Gasteiger partial charge in [-0.15, -0.1) is 11.3 Å². The Balaban J connectivity index is 1.84. The molecule has 0 bridgehead atoms. The van der Waals surface area contributed by atoms with E-state index >= 15 is 0 Å². The quantitative estimate of drug-likeness (QED) is 0.739. The van der Waals surface area contributed by atoms with Crippen LogP contribution in [0.2, 0.25) is 0 Å². The normalized spacial score (nSPS) is 9.96. The van der Waals surface area contributed by atoms with Crippen molar-refractivity contribution in [3.05, 3.63) is 51.7 Å². The smallest absolute Gasteiger partial charge is 0.338 e. The number of carbonyl (C=O) groups excluding carboxylic acids is 3. The van der Waals surface area contributed by atoms with Gasteiger partial charge in [0, 0.05) is 17.6 Å². The molecule has 140 valence electrons. The van der Waals surface area contributed by atoms with Crippen molar-refractivity contribution in [3.8, 4) is 6.07 Å². The molecule has 0 unspecified atom stereocenters. The number of rotatable bonds is 7. The van der Waals surface area contributed by atoms with Crippen LogP contribution in [0.3, 0.4) is 0 Å². The Morgan fingerprint density at radius 2 is 1.93 bits per heavy atom. The third-order valence-electron chi connectivity index (χ3n) is 3.75. The monoisotopic (exact) mass is 385 g/mol. The summed E-state index contributed by atoms with van der Waals surface area (Å²) < 4.78 is 5.06. The van der Waals surface area contributed by atoms with E-state index in [1.54, 1.807) is 24.5 Å². The van der Waals surface area contributed by atoms with Crippen LogP contribution in [0.25, 0.3) is 0 Å². The summed E-state index contributed by atoms with van der Waals surface area (Å²) in [5.41, 5.74) is 1.85. The number of esters is 1. The lowest BCUT2D eigenvalue weighted by Gasteiger charge is -2.16. The maximum absolute atomic E-state index is 12.1. The first kappa shape index (κ1) is 20.1. The fourth-order valence-corrected chi connectivity index (χ4v) is 3.12. The fraction of sp³-hybridized carbons (Fsp3) is 0.263. The maximum atomic E-state index is 12.1. The number of nitriles is 1. The highest BCUT2D eigenvalue weighted by Crippen LogP contribution is 2.17. The van der Waals surface area contributed by atoms with E-state index in [4.69, 9.17) is 10.00 Å². The van der Waals surface area contributed by atoms with Gasteiger partial charge in [0.05, 0.1) is 18.2 Å². The number of ether oxygens (including phenoxy) is 1. The van der Waals surface area contributed by atoms with E-state index in [2.05, 4.69) is 5.32 Å². The third-order valence-corrected chi connectivity index (χ3v) is 4.75. The first-order valence-electron chi connectivity index (χ1n) is 8.11. The molecule has 0 radical (unpaired) electrons. The van der Waals surface area contributed by atoms with Crippen molar-refractivity contribution in [2.24, 2.45) is 0 Å². The van der Waals surface area contributed by atoms with E-state index in [1.165, 1.54) is 29.2 Å². The molecule has 7 nitrogen and oxygen atoms in total. The number of benzene rings is 1. The Hall–Kier alpha value is -3.18. The zero-order chi connectivity index (χ0) is 19.8. The minimum absolute atomic E-state index is 0.246. The Bertz CT molecular complexity index is 868. The minimum Gasteiger partial charge on any atom is -0.452 e. The topological polar surface area (TPSA) is 99.5 Å². The number of nitrogens with zero attached hydrogens (tertiary/aromatic N) is 2. The summed E-state index contributed by atoms with van der Waals surface area (Å²) in [6.07, 6.45) is -0.246. The highest BCUT2D eigenvalue weighted by molar-refractivity contribution is 7.10. The number of amides is 2.